The fraction of sp³-hybridized carbons (Fsp3) is 0.952. The summed E-state index contributed by atoms with van der Waals surface area (Å²) in [6.45, 7) is 8.11. The van der Waals surface area contributed by atoms with Gasteiger partial charge >= 0.3 is 11.9 Å². The normalized spacial score (nSPS) is 11.4. The molecule has 0 fully saturated rings. The van der Waals surface area contributed by atoms with Gasteiger partial charge in [-0.05, 0) is 31.3 Å². The van der Waals surface area contributed by atoms with Crippen LogP contribution in [0.25, 0.3) is 0 Å². The number of carbonyl (C=O) groups is 2. The van der Waals surface area contributed by atoms with Crippen LogP contribution in [0, 0.1) is 0 Å². The topological polar surface area (TPSA) is 74.6 Å². The lowest BCUT2D eigenvalue weighted by atomic mass is 10.0. The monoisotopic (exact) mass is 717 g/mol. The third-order valence-corrected chi connectivity index (χ3v) is 12.6. The molecule has 0 aliphatic carbocycles. The van der Waals surface area contributed by atoms with Gasteiger partial charge in [-0.2, -0.15) is 0 Å². The molecule has 4 nitrogen and oxygen atoms in total. The molecule has 0 aliphatic heterocycles. The van der Waals surface area contributed by atoms with Crippen molar-refractivity contribution in [1.82, 2.24) is 0 Å². The Hall–Kier alpha value is -0.360. The van der Waals surface area contributed by atoms with Gasteiger partial charge in [0.2, 0.25) is 0 Å². The van der Waals surface area contributed by atoms with Crippen molar-refractivity contribution < 1.29 is 19.8 Å². The minimum atomic E-state index is -0.745. The van der Waals surface area contributed by atoms with E-state index in [9.17, 15) is 14.7 Å². The van der Waals surface area contributed by atoms with Crippen molar-refractivity contribution in [3.8, 4) is 0 Å². The van der Waals surface area contributed by atoms with Crippen LogP contribution in [0.3, 0.4) is 0 Å². The van der Waals surface area contributed by atoms with Crippen LogP contribution in [0.2, 0.25) is 0 Å². The Labute approximate surface area is 309 Å². The molecule has 0 aromatic rings. The number of hydrogen-bond donors (Lipinski definition) is 2. The third kappa shape index (κ3) is 40.1. The van der Waals surface area contributed by atoms with Crippen LogP contribution in [0.15, 0.2) is 0 Å². The lowest BCUT2D eigenvalue weighted by Crippen LogP contribution is -2.28. The van der Waals surface area contributed by atoms with E-state index in [-0.39, 0.29) is 6.42 Å². The maximum atomic E-state index is 12.0. The molecule has 0 saturated carbocycles. The Balaban J connectivity index is 0. The molecule has 288 valence electrons. The molecule has 0 rings (SSSR count). The molecule has 48 heavy (non-hydrogen) atoms. The zero-order valence-electron chi connectivity index (χ0n) is 32.8. The van der Waals surface area contributed by atoms with Gasteiger partial charge in [-0.25, -0.2) is 4.79 Å². The summed E-state index contributed by atoms with van der Waals surface area (Å²) in [6, 6.07) is 0. The van der Waals surface area contributed by atoms with Gasteiger partial charge in [-0.15, -0.1) is 23.5 Å². The summed E-state index contributed by atoms with van der Waals surface area (Å²) < 4.78 is -0.676. The summed E-state index contributed by atoms with van der Waals surface area (Å²) in [5, 5.41) is 17.6. The highest BCUT2D eigenvalue weighted by Crippen LogP contribution is 2.38. The number of rotatable bonds is 38. The summed E-state index contributed by atoms with van der Waals surface area (Å²) >= 11 is 3.34. The Morgan fingerprint density at radius 3 is 0.750 bits per heavy atom. The SMILES string of the molecule is CCC(=O)O.CCCCCCCCCCCCCCCCCCSC(C)(SCCCCCCCCCCCCCCCCCC)C(=O)O. The Bertz CT molecular complexity index is 620. The number of carboxylic acid groups (broad SMARTS) is 2. The van der Waals surface area contributed by atoms with E-state index in [1.807, 2.05) is 6.92 Å². The van der Waals surface area contributed by atoms with Crippen molar-refractivity contribution in [2.75, 3.05) is 11.5 Å². The summed E-state index contributed by atoms with van der Waals surface area (Å²) in [7, 11) is 0. The molecular formula is C42H84O4S2. The molecular weight excluding hydrogens is 633 g/mol. The van der Waals surface area contributed by atoms with Crippen molar-refractivity contribution in [2.45, 2.75) is 244 Å². The van der Waals surface area contributed by atoms with Gasteiger partial charge in [-0.3, -0.25) is 4.79 Å². The molecule has 0 aromatic carbocycles. The fourth-order valence-corrected chi connectivity index (χ4v) is 8.56. The highest BCUT2D eigenvalue weighted by molar-refractivity contribution is 8.19. The quantitative estimate of drug-likeness (QED) is 0.0489. The Kier molecular flexibility index (Phi) is 42.6. The number of aliphatic carboxylic acids is 2. The molecule has 6 heteroatoms. The zero-order chi connectivity index (χ0) is 35.8. The van der Waals surface area contributed by atoms with Crippen molar-refractivity contribution in [1.29, 1.82) is 0 Å². The molecule has 0 amide bonds. The van der Waals surface area contributed by atoms with E-state index in [1.165, 1.54) is 193 Å². The van der Waals surface area contributed by atoms with Crippen molar-refractivity contribution in [3.05, 3.63) is 0 Å². The molecule has 0 saturated heterocycles. The maximum absolute atomic E-state index is 12.0. The van der Waals surface area contributed by atoms with Gasteiger partial charge in [0.15, 0.2) is 4.08 Å². The Morgan fingerprint density at radius 2 is 0.583 bits per heavy atom. The first-order chi connectivity index (χ1) is 23.3. The second-order valence-corrected chi connectivity index (χ2v) is 17.6. The van der Waals surface area contributed by atoms with Crippen LogP contribution in [0.5, 0.6) is 0 Å². The summed E-state index contributed by atoms with van der Waals surface area (Å²) in [4.78, 5) is 21.4. The molecule has 0 unspecified atom stereocenters. The average molecular weight is 717 g/mol. The molecule has 0 spiro atoms. The van der Waals surface area contributed by atoms with Gasteiger partial charge in [-0.1, -0.05) is 213 Å². The molecule has 2 N–H and O–H groups in total. The van der Waals surface area contributed by atoms with E-state index in [2.05, 4.69) is 13.8 Å². The summed E-state index contributed by atoms with van der Waals surface area (Å²) in [6.07, 6.45) is 44.5. The average Bonchev–Trinajstić information content (AvgIpc) is 3.07. The minimum absolute atomic E-state index is 0.222. The van der Waals surface area contributed by atoms with Crippen LogP contribution in [0.1, 0.15) is 240 Å². The first-order valence-electron chi connectivity index (χ1n) is 21.1. The van der Waals surface area contributed by atoms with E-state index >= 15 is 0 Å². The number of thioether (sulfide) groups is 2. The van der Waals surface area contributed by atoms with Crippen LogP contribution in [-0.2, 0) is 9.59 Å². The first-order valence-corrected chi connectivity index (χ1v) is 23.0. The highest BCUT2D eigenvalue weighted by Gasteiger charge is 2.33. The molecule has 0 radical (unpaired) electrons. The lowest BCUT2D eigenvalue weighted by molar-refractivity contribution is -0.137. The van der Waals surface area contributed by atoms with E-state index in [0.717, 1.165) is 24.3 Å². The van der Waals surface area contributed by atoms with E-state index < -0.39 is 16.0 Å². The second kappa shape index (κ2) is 41.1. The number of unbranched alkanes of at least 4 members (excludes halogenated alkanes) is 30. The van der Waals surface area contributed by atoms with E-state index in [4.69, 9.17) is 5.11 Å². The summed E-state index contributed by atoms with van der Waals surface area (Å²) in [5.74, 6) is 0.570. The predicted molar refractivity (Wildman–Crippen MR) is 218 cm³/mol. The highest BCUT2D eigenvalue weighted by atomic mass is 32.2. The minimum Gasteiger partial charge on any atom is -0.481 e. The molecule has 0 bridgehead atoms. The smallest absolute Gasteiger partial charge is 0.329 e. The first kappa shape index (κ1) is 49.8. The molecule has 0 aromatic heterocycles. The van der Waals surface area contributed by atoms with E-state index in [0.29, 0.717) is 0 Å². The van der Waals surface area contributed by atoms with Gasteiger partial charge < -0.3 is 10.2 Å². The van der Waals surface area contributed by atoms with E-state index in [1.54, 1.807) is 30.4 Å². The Morgan fingerprint density at radius 1 is 0.396 bits per heavy atom. The van der Waals surface area contributed by atoms with Gasteiger partial charge in [0, 0.05) is 6.42 Å². The van der Waals surface area contributed by atoms with Gasteiger partial charge in [0.25, 0.3) is 0 Å². The number of carboxylic acids is 2. The van der Waals surface area contributed by atoms with Crippen LogP contribution < -0.4 is 0 Å². The zero-order valence-corrected chi connectivity index (χ0v) is 34.4. The fourth-order valence-electron chi connectivity index (χ4n) is 6.00. The standard InChI is InChI=1S/C39H78O2S2.C3H6O2/c1-4-6-8-10-12-14-16-18-20-22-24-26-28-30-32-34-36-42-39(3,38(40)41)43-37-35-33-31-29-27-25-23-21-19-17-15-13-11-9-7-5-2;1-2-3(4)5/h4-37H2,1-3H3,(H,40,41);2H2,1H3,(H,4,5). The lowest BCUT2D eigenvalue weighted by Gasteiger charge is -2.23. The van der Waals surface area contributed by atoms with Crippen LogP contribution in [0.4, 0.5) is 0 Å². The van der Waals surface area contributed by atoms with Crippen LogP contribution >= 0.6 is 23.5 Å². The van der Waals surface area contributed by atoms with Crippen molar-refractivity contribution >= 4 is 35.5 Å². The molecule has 0 heterocycles. The van der Waals surface area contributed by atoms with Crippen molar-refractivity contribution in [3.63, 3.8) is 0 Å². The predicted octanol–water partition coefficient (Wildman–Crippen LogP) is 15.3. The van der Waals surface area contributed by atoms with Gasteiger partial charge in [0.05, 0.1) is 0 Å². The van der Waals surface area contributed by atoms with Crippen LogP contribution in [-0.4, -0.2) is 37.7 Å². The van der Waals surface area contributed by atoms with Gasteiger partial charge in [0.1, 0.15) is 0 Å². The number of hydrogen-bond acceptors (Lipinski definition) is 4. The largest absolute Gasteiger partial charge is 0.481 e. The maximum Gasteiger partial charge on any atom is 0.329 e. The molecule has 0 atom stereocenters. The third-order valence-electron chi connectivity index (χ3n) is 9.44. The summed E-state index contributed by atoms with van der Waals surface area (Å²) in [5.41, 5.74) is 0. The second-order valence-electron chi connectivity index (χ2n) is 14.3. The molecule has 0 aliphatic rings. The van der Waals surface area contributed by atoms with Crippen molar-refractivity contribution in [2.24, 2.45) is 0 Å².